The second-order valence-electron chi connectivity index (χ2n) is 6.07. The van der Waals surface area contributed by atoms with Crippen LogP contribution in [0.2, 0.25) is 0 Å². The predicted octanol–water partition coefficient (Wildman–Crippen LogP) is 3.27. The van der Waals surface area contributed by atoms with Crippen molar-refractivity contribution in [1.29, 1.82) is 0 Å². The van der Waals surface area contributed by atoms with Gasteiger partial charge in [-0.1, -0.05) is 0 Å². The Bertz CT molecular complexity index is 704. The van der Waals surface area contributed by atoms with Gasteiger partial charge >= 0.3 is 6.18 Å². The summed E-state index contributed by atoms with van der Waals surface area (Å²) in [6, 6.07) is 0.234. The minimum Gasteiger partial charge on any atom is -0.351 e. The summed E-state index contributed by atoms with van der Waals surface area (Å²) in [6.45, 7) is 5.15. The van der Waals surface area contributed by atoms with Crippen molar-refractivity contribution in [3.05, 3.63) is 45.0 Å². The molecule has 0 spiro atoms. The van der Waals surface area contributed by atoms with Crippen LogP contribution in [0.5, 0.6) is 0 Å². The van der Waals surface area contributed by atoms with Crippen LogP contribution in [0.25, 0.3) is 0 Å². The smallest absolute Gasteiger partial charge is 0.351 e. The first-order valence-corrected chi connectivity index (χ1v) is 8.50. The van der Waals surface area contributed by atoms with Gasteiger partial charge in [0.05, 0.1) is 12.1 Å². The van der Waals surface area contributed by atoms with Crippen LogP contribution < -0.4 is 0 Å². The fourth-order valence-electron chi connectivity index (χ4n) is 3.15. The quantitative estimate of drug-likeness (QED) is 0.387. The highest BCUT2D eigenvalue weighted by Crippen LogP contribution is 2.40. The molecule has 1 aromatic carbocycles. The van der Waals surface area contributed by atoms with E-state index in [1.165, 1.54) is 6.92 Å². The molecule has 0 radical (unpaired) electrons. The summed E-state index contributed by atoms with van der Waals surface area (Å²) in [5.74, 6) is -0.582. The Morgan fingerprint density at radius 2 is 1.85 bits per heavy atom. The van der Waals surface area contributed by atoms with Crippen LogP contribution in [0.15, 0.2) is 18.2 Å². The lowest BCUT2D eigenvalue weighted by Crippen LogP contribution is -2.43. The van der Waals surface area contributed by atoms with Gasteiger partial charge in [-0.15, -0.1) is 0 Å². The summed E-state index contributed by atoms with van der Waals surface area (Å²) in [6.07, 6.45) is -5.45. The zero-order valence-corrected chi connectivity index (χ0v) is 15.2. The molecule has 10 heteroatoms. The molecule has 0 saturated heterocycles. The molecule has 1 aliphatic heterocycles. The van der Waals surface area contributed by atoms with E-state index in [2.05, 4.69) is 0 Å². The van der Waals surface area contributed by atoms with E-state index in [9.17, 15) is 28.1 Å². The van der Waals surface area contributed by atoms with E-state index in [0.29, 0.717) is 0 Å². The lowest BCUT2D eigenvalue weighted by atomic mass is 9.97. The van der Waals surface area contributed by atoms with Gasteiger partial charge in [0, 0.05) is 30.6 Å². The first-order chi connectivity index (χ1) is 12.6. The first kappa shape index (κ1) is 21.1. The molecule has 27 heavy (non-hydrogen) atoms. The van der Waals surface area contributed by atoms with Gasteiger partial charge in [0.25, 0.3) is 5.91 Å². The number of ether oxygens (including phenoxy) is 2. The molecule has 0 fully saturated rings. The Balaban J connectivity index is 2.47. The van der Waals surface area contributed by atoms with Gasteiger partial charge in [-0.05, 0) is 37.6 Å². The molecule has 1 heterocycles. The molecule has 2 unspecified atom stereocenters. The third-order valence-electron chi connectivity index (χ3n) is 4.36. The molecule has 0 N–H and O–H groups in total. The van der Waals surface area contributed by atoms with Crippen LogP contribution in [0.1, 0.15) is 48.3 Å². The number of hydrogen-bond acceptors (Lipinski definition) is 5. The van der Waals surface area contributed by atoms with Gasteiger partial charge in [-0.2, -0.15) is 13.2 Å². The molecule has 0 bridgehead atoms. The maximum atomic E-state index is 13.1. The lowest BCUT2D eigenvalue weighted by Gasteiger charge is -2.29. The highest BCUT2D eigenvalue weighted by atomic mass is 19.4. The van der Waals surface area contributed by atoms with Crippen molar-refractivity contribution in [2.24, 2.45) is 0 Å². The Labute approximate surface area is 154 Å². The monoisotopic (exact) mass is 390 g/mol. The Morgan fingerprint density at radius 3 is 2.33 bits per heavy atom. The molecule has 1 amide bonds. The van der Waals surface area contributed by atoms with Crippen LogP contribution in [-0.4, -0.2) is 47.8 Å². The number of carbonyl (C=O) groups is 1. The SMILES string of the molecule is CCOC(CN1C(=O)c2ccc(C(F)(F)F)cc2C1C(C)[N+](=O)[O-])OCC. The standard InChI is InChI=1S/C17H21F3N2O5/c1-4-26-14(27-5-2)9-21-15(10(3)22(24)25)13-8-11(17(18,19)20)6-7-12(13)16(21)23/h6-8,10,14-15H,4-5,9H2,1-3H3. The highest BCUT2D eigenvalue weighted by molar-refractivity contribution is 5.99. The number of hydrogen-bond donors (Lipinski definition) is 0. The van der Waals surface area contributed by atoms with E-state index < -0.39 is 40.9 Å². The molecule has 150 valence electrons. The maximum absolute atomic E-state index is 13.1. The zero-order valence-electron chi connectivity index (χ0n) is 15.2. The maximum Gasteiger partial charge on any atom is 0.416 e. The van der Waals surface area contributed by atoms with Crippen molar-refractivity contribution >= 4 is 5.91 Å². The summed E-state index contributed by atoms with van der Waals surface area (Å²) in [4.78, 5) is 24.6. The van der Waals surface area contributed by atoms with Gasteiger partial charge in [0.1, 0.15) is 6.04 Å². The van der Waals surface area contributed by atoms with Gasteiger partial charge in [0.2, 0.25) is 6.04 Å². The molecule has 0 aromatic heterocycles. The summed E-state index contributed by atoms with van der Waals surface area (Å²) >= 11 is 0. The first-order valence-electron chi connectivity index (χ1n) is 8.50. The third kappa shape index (κ3) is 4.38. The average molecular weight is 390 g/mol. The summed E-state index contributed by atoms with van der Waals surface area (Å²) in [7, 11) is 0. The van der Waals surface area contributed by atoms with Gasteiger partial charge in [-0.3, -0.25) is 14.9 Å². The largest absolute Gasteiger partial charge is 0.416 e. The molecular weight excluding hydrogens is 369 g/mol. The number of nitrogens with zero attached hydrogens (tertiary/aromatic N) is 2. The van der Waals surface area contributed by atoms with E-state index in [-0.39, 0.29) is 30.9 Å². The molecule has 2 rings (SSSR count). The van der Waals surface area contributed by atoms with Crippen molar-refractivity contribution in [3.8, 4) is 0 Å². The average Bonchev–Trinajstić information content (AvgIpc) is 2.85. The van der Waals surface area contributed by atoms with E-state index in [1.807, 2.05) is 0 Å². The van der Waals surface area contributed by atoms with Crippen molar-refractivity contribution in [3.63, 3.8) is 0 Å². The Hall–Kier alpha value is -2.20. The number of amides is 1. The zero-order chi connectivity index (χ0) is 20.4. The Morgan fingerprint density at radius 1 is 1.26 bits per heavy atom. The lowest BCUT2D eigenvalue weighted by molar-refractivity contribution is -0.526. The highest BCUT2D eigenvalue weighted by Gasteiger charge is 2.46. The van der Waals surface area contributed by atoms with Crippen molar-refractivity contribution in [2.75, 3.05) is 19.8 Å². The fraction of sp³-hybridized carbons (Fsp3) is 0.588. The molecule has 1 aromatic rings. The number of carbonyl (C=O) groups excluding carboxylic acids is 1. The summed E-state index contributed by atoms with van der Waals surface area (Å²) < 4.78 is 50.0. The number of fused-ring (bicyclic) bond motifs is 1. The van der Waals surface area contributed by atoms with Crippen LogP contribution in [0, 0.1) is 10.1 Å². The molecule has 7 nitrogen and oxygen atoms in total. The van der Waals surface area contributed by atoms with E-state index >= 15 is 0 Å². The summed E-state index contributed by atoms with van der Waals surface area (Å²) in [5, 5.41) is 11.4. The van der Waals surface area contributed by atoms with Gasteiger partial charge in [0.15, 0.2) is 6.29 Å². The van der Waals surface area contributed by atoms with Crippen molar-refractivity contribution < 1.29 is 32.4 Å². The van der Waals surface area contributed by atoms with Gasteiger partial charge in [-0.25, -0.2) is 0 Å². The van der Waals surface area contributed by atoms with E-state index in [0.717, 1.165) is 23.1 Å². The normalized spacial score (nSPS) is 18.1. The number of halogens is 3. The number of rotatable bonds is 8. The molecule has 1 aliphatic rings. The van der Waals surface area contributed by atoms with E-state index in [4.69, 9.17) is 9.47 Å². The van der Waals surface area contributed by atoms with Crippen molar-refractivity contribution in [1.82, 2.24) is 4.90 Å². The minimum atomic E-state index is -4.62. The second-order valence-corrected chi connectivity index (χ2v) is 6.07. The number of alkyl halides is 3. The molecule has 0 saturated carbocycles. The number of benzene rings is 1. The van der Waals surface area contributed by atoms with Crippen molar-refractivity contribution in [2.45, 2.75) is 45.3 Å². The fourth-order valence-corrected chi connectivity index (χ4v) is 3.15. The molecular formula is C17H21F3N2O5. The third-order valence-corrected chi connectivity index (χ3v) is 4.36. The van der Waals surface area contributed by atoms with Crippen LogP contribution >= 0.6 is 0 Å². The van der Waals surface area contributed by atoms with Gasteiger partial charge < -0.3 is 14.4 Å². The predicted molar refractivity (Wildman–Crippen MR) is 88.7 cm³/mol. The molecule has 0 aliphatic carbocycles. The topological polar surface area (TPSA) is 81.9 Å². The molecule has 2 atom stereocenters. The van der Waals surface area contributed by atoms with Crippen LogP contribution in [0.3, 0.4) is 0 Å². The Kier molecular flexibility index (Phi) is 6.42. The second kappa shape index (κ2) is 8.22. The summed E-state index contributed by atoms with van der Waals surface area (Å²) in [5.41, 5.74) is -0.943. The van der Waals surface area contributed by atoms with E-state index in [1.54, 1.807) is 13.8 Å². The number of nitro groups is 1. The minimum absolute atomic E-state index is 0.00854. The van der Waals surface area contributed by atoms with Crippen LogP contribution in [0.4, 0.5) is 13.2 Å². The van der Waals surface area contributed by atoms with Crippen LogP contribution in [-0.2, 0) is 15.7 Å².